The maximum atomic E-state index is 14.9. The van der Waals surface area contributed by atoms with Crippen LogP contribution in [0.1, 0.15) is 530 Å². The minimum atomic E-state index is -4.65. The van der Waals surface area contributed by atoms with E-state index in [1.807, 2.05) is 0 Å². The van der Waals surface area contributed by atoms with Crippen LogP contribution in [0.25, 0.3) is 0 Å². The molecule has 0 saturated carbocycles. The van der Waals surface area contributed by atoms with Gasteiger partial charge in [0, 0.05) is 19.5 Å². The second-order valence-corrected chi connectivity index (χ2v) is 40.6. The summed E-state index contributed by atoms with van der Waals surface area (Å²) in [5.74, 6) is -4.27. The molecule has 23 nitrogen and oxygen atoms in total. The summed E-state index contributed by atoms with van der Waals surface area (Å²) in [5.41, 5.74) is 0. The quantitative estimate of drug-likeness (QED) is 0.0121. The third-order valence-electron chi connectivity index (χ3n) is 26.2. The van der Waals surface area contributed by atoms with Crippen LogP contribution >= 0.6 is 7.60 Å². The zero-order valence-corrected chi connectivity index (χ0v) is 84.4. The molecular formula is C105H199N2O21P. The molecule has 2 aliphatic rings. The Labute approximate surface area is 786 Å². The number of aliphatic hydroxyl groups excluding tert-OH is 5. The van der Waals surface area contributed by atoms with E-state index in [0.717, 1.165) is 193 Å². The molecular weight excluding hydrogens is 1660 g/mol. The fourth-order valence-electron chi connectivity index (χ4n) is 18.1. The van der Waals surface area contributed by atoms with E-state index >= 15 is 0 Å². The molecule has 0 aromatic carbocycles. The minimum absolute atomic E-state index is 0.161. The van der Waals surface area contributed by atoms with Crippen LogP contribution in [0.4, 0.5) is 0 Å². The largest absolute Gasteiger partial charge is 0.462 e. The van der Waals surface area contributed by atoms with Gasteiger partial charge in [-0.15, -0.1) is 0 Å². The molecule has 2 saturated heterocycles. The summed E-state index contributed by atoms with van der Waals surface area (Å²) in [6, 6.07) is -3.36. The SMILES string of the molecule is CCCCCCCCCCCCCCCC(=O)OC(CCCCCCCCCCCCCCC)CC(=O)NC1C(OP(C)(=O)O)OC(CO[C@@H]2OC(CO)[C@@H](O)[C@H](OC(=O)CC(CCCCCCCCCCC)OC(=O)CCCCCCCCCCCCCCC)C2NC(=O)CC(O)CCCCCCCCCCC)[C@@H](O)[C@@H]1OC(=O)CC(O)CCCCCCCCCCC. The highest BCUT2D eigenvalue weighted by atomic mass is 31.2. The highest BCUT2D eigenvalue weighted by Gasteiger charge is 2.53. The molecule has 2 rings (SSSR count). The molecule has 760 valence electrons. The molecule has 0 aliphatic carbocycles. The summed E-state index contributed by atoms with van der Waals surface area (Å²) in [7, 11) is -4.65. The van der Waals surface area contributed by atoms with E-state index < -0.39 is 161 Å². The highest BCUT2D eigenvalue weighted by molar-refractivity contribution is 7.51. The van der Waals surface area contributed by atoms with Gasteiger partial charge in [-0.3, -0.25) is 37.9 Å². The van der Waals surface area contributed by atoms with Crippen LogP contribution in [0.15, 0.2) is 0 Å². The molecule has 0 bridgehead atoms. The summed E-state index contributed by atoms with van der Waals surface area (Å²) in [6.45, 7) is 12.5. The lowest BCUT2D eigenvalue weighted by atomic mass is 9.95. The number of unbranched alkanes of at least 4 members (excludes halogenated alkanes) is 60. The zero-order valence-electron chi connectivity index (χ0n) is 83.5. The first-order valence-electron chi connectivity index (χ1n) is 54.2. The number of rotatable bonds is 92. The Morgan fingerprint density at radius 1 is 0.326 bits per heavy atom. The Morgan fingerprint density at radius 2 is 0.581 bits per heavy atom. The number of aliphatic hydroxyl groups is 5. The van der Waals surface area contributed by atoms with E-state index in [-0.39, 0.29) is 25.7 Å². The molecule has 0 radical (unpaired) electrons. The summed E-state index contributed by atoms with van der Waals surface area (Å²) in [6.07, 6.45) is 53.6. The van der Waals surface area contributed by atoms with Crippen molar-refractivity contribution >= 4 is 43.3 Å². The third-order valence-corrected chi connectivity index (χ3v) is 26.8. The first-order valence-corrected chi connectivity index (χ1v) is 56.3. The van der Waals surface area contributed by atoms with Gasteiger partial charge < -0.3 is 74.2 Å². The lowest BCUT2D eigenvalue weighted by Crippen LogP contribution is -2.67. The van der Waals surface area contributed by atoms with Gasteiger partial charge in [-0.05, 0) is 51.4 Å². The second kappa shape index (κ2) is 84.0. The normalized spacial score (nSPS) is 20.2. The third kappa shape index (κ3) is 67.5. The molecule has 2 fully saturated rings. The van der Waals surface area contributed by atoms with E-state index in [1.54, 1.807) is 0 Å². The van der Waals surface area contributed by atoms with Gasteiger partial charge in [-0.1, -0.05) is 440 Å². The molecule has 0 aromatic heterocycles. The number of hydrogen-bond donors (Lipinski definition) is 8. The van der Waals surface area contributed by atoms with Crippen LogP contribution < -0.4 is 10.6 Å². The van der Waals surface area contributed by atoms with Gasteiger partial charge in [-0.25, -0.2) is 0 Å². The standard InChI is InChI=1S/C105H199N2O21P/c1-8-14-20-26-32-38-41-44-47-53-59-64-70-76-88(122-94(113)78-72-66-60-54-48-45-42-39-33-27-21-15-9-2)82-93(112)107-99-103(126-96(115)81-87(110)75-69-63-57-51-36-30-24-18-12-5)101(118)91(125-105(99)128-129(7,119)120)85-121-104-98(106-92(111)80-86(109)74-68-62-56-50-35-29-23-17-11-4)102(100(117)90(84-108)124-104)127-97(116)83-89(77-71-65-58-52-37-31-25-19-13-6)123-95(114)79-73-67-61-55-49-46-43-40-34-28-22-16-10-3/h86-91,98-105,108-110,117-118H,8-85H2,1-7H3,(H,106,111)(H,107,112)(H,119,120)/t86?,87?,88?,89?,90?,91?,98?,99?,100-,101-,102-,103-,104-,105?/m1/s1. The van der Waals surface area contributed by atoms with Crippen molar-refractivity contribution in [3.8, 4) is 0 Å². The molecule has 2 heterocycles. The van der Waals surface area contributed by atoms with Crippen molar-refractivity contribution in [2.75, 3.05) is 19.9 Å². The Morgan fingerprint density at radius 3 is 0.899 bits per heavy atom. The van der Waals surface area contributed by atoms with E-state index in [9.17, 15) is 63.8 Å². The Balaban J connectivity index is 2.65. The molecule has 2 amide bonds. The number of carbonyl (C=O) groups is 6. The van der Waals surface area contributed by atoms with Crippen LogP contribution in [0.5, 0.6) is 0 Å². The molecule has 2 aliphatic heterocycles. The van der Waals surface area contributed by atoms with Crippen LogP contribution in [0.2, 0.25) is 0 Å². The van der Waals surface area contributed by atoms with Gasteiger partial charge >= 0.3 is 31.5 Å². The smallest absolute Gasteiger partial charge is 0.327 e. The topological polar surface area (TPSA) is 339 Å². The summed E-state index contributed by atoms with van der Waals surface area (Å²) < 4.78 is 63.2. The predicted molar refractivity (Wildman–Crippen MR) is 520 cm³/mol. The van der Waals surface area contributed by atoms with Gasteiger partial charge in [0.05, 0.1) is 51.1 Å². The second-order valence-electron chi connectivity index (χ2n) is 38.8. The Kier molecular flexibility index (Phi) is 79.2. The average molecular weight is 1860 g/mol. The van der Waals surface area contributed by atoms with Crippen molar-refractivity contribution in [2.45, 2.75) is 615 Å². The molecule has 0 spiro atoms. The van der Waals surface area contributed by atoms with Crippen molar-refractivity contribution in [1.82, 2.24) is 10.6 Å². The van der Waals surface area contributed by atoms with E-state index in [2.05, 4.69) is 52.2 Å². The van der Waals surface area contributed by atoms with Crippen LogP contribution in [0, 0.1) is 0 Å². The number of amides is 2. The van der Waals surface area contributed by atoms with Crippen LogP contribution in [0.3, 0.4) is 0 Å². The molecule has 10 unspecified atom stereocenters. The molecule has 8 N–H and O–H groups in total. The molecule has 15 atom stereocenters. The van der Waals surface area contributed by atoms with Crippen molar-refractivity contribution in [1.29, 1.82) is 0 Å². The molecule has 129 heavy (non-hydrogen) atoms. The maximum Gasteiger partial charge on any atom is 0.327 e. The predicted octanol–water partition coefficient (Wildman–Crippen LogP) is 25.1. The molecule has 24 heteroatoms. The van der Waals surface area contributed by atoms with Crippen LogP contribution in [-0.4, -0.2) is 172 Å². The van der Waals surface area contributed by atoms with Gasteiger partial charge in [-0.2, -0.15) is 0 Å². The summed E-state index contributed by atoms with van der Waals surface area (Å²) >= 11 is 0. The van der Waals surface area contributed by atoms with E-state index in [1.165, 1.54) is 199 Å². The van der Waals surface area contributed by atoms with Crippen molar-refractivity contribution < 1.29 is 101 Å². The lowest BCUT2D eigenvalue weighted by Gasteiger charge is -2.46. The minimum Gasteiger partial charge on any atom is -0.462 e. The monoisotopic (exact) mass is 1860 g/mol. The average Bonchev–Trinajstić information content (AvgIpc) is 0.831. The van der Waals surface area contributed by atoms with Crippen molar-refractivity contribution in [3.63, 3.8) is 0 Å². The first kappa shape index (κ1) is 122. The number of carbonyl (C=O) groups excluding carboxylic acids is 6. The lowest BCUT2D eigenvalue weighted by molar-refractivity contribution is -0.297. The fourth-order valence-corrected chi connectivity index (χ4v) is 18.7. The number of hydrogen-bond acceptors (Lipinski definition) is 20. The number of esters is 4. The Bertz CT molecular complexity index is 2690. The summed E-state index contributed by atoms with van der Waals surface area (Å²) in [4.78, 5) is 97.1. The van der Waals surface area contributed by atoms with Crippen molar-refractivity contribution in [2.24, 2.45) is 0 Å². The maximum absolute atomic E-state index is 14.9. The van der Waals surface area contributed by atoms with E-state index in [4.69, 9.17) is 37.7 Å². The first-order chi connectivity index (χ1) is 62.6. The zero-order chi connectivity index (χ0) is 94.3. The van der Waals surface area contributed by atoms with Crippen molar-refractivity contribution in [3.05, 3.63) is 0 Å². The number of ether oxygens (including phenoxy) is 7. The molecule has 0 aromatic rings. The Hall–Kier alpha value is -3.35. The van der Waals surface area contributed by atoms with Gasteiger partial charge in [0.2, 0.25) is 11.8 Å². The fraction of sp³-hybridized carbons (Fsp3) is 0.943. The summed E-state index contributed by atoms with van der Waals surface area (Å²) in [5, 5.41) is 64.3. The number of nitrogens with one attached hydrogen (secondary N) is 2. The van der Waals surface area contributed by atoms with Crippen LogP contribution in [-0.2, 0) is 71.0 Å². The highest BCUT2D eigenvalue weighted by Crippen LogP contribution is 2.42. The van der Waals surface area contributed by atoms with Gasteiger partial charge in [0.1, 0.15) is 48.7 Å². The van der Waals surface area contributed by atoms with E-state index in [0.29, 0.717) is 57.8 Å². The van der Waals surface area contributed by atoms with Gasteiger partial charge in [0.15, 0.2) is 24.8 Å². The van der Waals surface area contributed by atoms with Gasteiger partial charge in [0.25, 0.3) is 0 Å².